The Bertz CT molecular complexity index is 1010. The van der Waals surface area contributed by atoms with Crippen molar-refractivity contribution in [2.24, 2.45) is 5.92 Å². The van der Waals surface area contributed by atoms with Crippen molar-refractivity contribution < 1.29 is 44.1 Å². The number of aliphatic carboxylic acids is 1. The number of allylic oxidation sites excluding steroid dienone is 2. The fourth-order valence-corrected chi connectivity index (χ4v) is 4.17. The Hall–Kier alpha value is -4.10. The summed E-state index contributed by atoms with van der Waals surface area (Å²) in [6, 6.07) is -3.40. The second-order valence-electron chi connectivity index (χ2n) is 8.53. The third-order valence-corrected chi connectivity index (χ3v) is 5.97. The molecule has 0 aromatic carbocycles. The molecule has 1 aliphatic carbocycles. The maximum absolute atomic E-state index is 13.4. The van der Waals surface area contributed by atoms with Crippen LogP contribution in [0.5, 0.6) is 0 Å². The molecule has 5 N–H and O–H groups in total. The van der Waals surface area contributed by atoms with Crippen molar-refractivity contribution in [3.63, 3.8) is 0 Å². The van der Waals surface area contributed by atoms with Crippen molar-refractivity contribution in [3.8, 4) is 0 Å². The summed E-state index contributed by atoms with van der Waals surface area (Å²) in [5.74, 6) is -4.49. The molecule has 0 radical (unpaired) electrons. The van der Waals surface area contributed by atoms with E-state index in [1.54, 1.807) is 6.92 Å². The topological polar surface area (TPSA) is 197 Å². The fourth-order valence-electron chi connectivity index (χ4n) is 4.17. The standard InChI is InChI=1S/C21H27N5O9.C2H6/c1-11-7-15(28)16(29)9-13(11)19(33)23-24-6-4-17(30)25-5-2-3-14(26(25)21(24)35)20(34)22-12(10-27)8-18(31)32;1-2/h9-12,14,28-29H,2-8H2,1H3,(H,22,34)(H,23,33)(H,31,32);1-2H3/t11-,12?,14?;/m0./s1. The molecular weight excluding hydrogens is 490 g/mol. The molecule has 2 fully saturated rings. The average Bonchev–Trinajstić information content (AvgIpc) is 2.98. The molecule has 37 heavy (non-hydrogen) atoms. The molecule has 3 rings (SSSR count). The van der Waals surface area contributed by atoms with Crippen LogP contribution in [0.1, 0.15) is 52.9 Å². The first-order valence-corrected chi connectivity index (χ1v) is 12.1. The van der Waals surface area contributed by atoms with Crippen molar-refractivity contribution in [2.75, 3.05) is 13.1 Å². The largest absolute Gasteiger partial charge is 0.508 e. The van der Waals surface area contributed by atoms with Crippen LogP contribution in [0, 0.1) is 5.92 Å². The van der Waals surface area contributed by atoms with Gasteiger partial charge in [0.2, 0.25) is 11.8 Å². The van der Waals surface area contributed by atoms with Crippen molar-refractivity contribution in [2.45, 2.75) is 65.0 Å². The van der Waals surface area contributed by atoms with E-state index in [0.717, 1.165) is 21.1 Å². The summed E-state index contributed by atoms with van der Waals surface area (Å²) in [6.45, 7) is 5.62. The SMILES string of the molecule is CC.C[C@H]1CC(O)=C(O)C=C1C(=O)NN1CCC(=O)N2CCCC(C(=O)NC(C=O)CC(=O)O)N2C1=O. The molecule has 2 saturated heterocycles. The molecule has 3 aliphatic rings. The number of aldehydes is 1. The minimum Gasteiger partial charge on any atom is -0.508 e. The maximum atomic E-state index is 13.4. The number of fused-ring (bicyclic) bond motifs is 1. The Kier molecular flexibility index (Phi) is 10.0. The number of carboxylic acid groups (broad SMARTS) is 1. The van der Waals surface area contributed by atoms with E-state index in [0.29, 0.717) is 6.42 Å². The van der Waals surface area contributed by atoms with Gasteiger partial charge in [0.25, 0.3) is 5.91 Å². The number of carboxylic acids is 1. The quantitative estimate of drug-likeness (QED) is 0.296. The Morgan fingerprint density at radius 1 is 1.19 bits per heavy atom. The van der Waals surface area contributed by atoms with E-state index in [1.807, 2.05) is 13.8 Å². The van der Waals surface area contributed by atoms with E-state index in [-0.39, 0.29) is 50.0 Å². The molecule has 0 bridgehead atoms. The van der Waals surface area contributed by atoms with Crippen LogP contribution in [0.2, 0.25) is 0 Å². The van der Waals surface area contributed by atoms with Crippen molar-refractivity contribution >= 4 is 36.0 Å². The molecule has 2 aliphatic heterocycles. The number of urea groups is 1. The summed E-state index contributed by atoms with van der Waals surface area (Å²) in [5, 5.41) is 33.6. The Labute approximate surface area is 213 Å². The molecule has 204 valence electrons. The van der Waals surface area contributed by atoms with Gasteiger partial charge in [0.15, 0.2) is 5.76 Å². The van der Waals surface area contributed by atoms with E-state index in [9.17, 15) is 39.0 Å². The zero-order valence-electron chi connectivity index (χ0n) is 21.0. The van der Waals surface area contributed by atoms with E-state index in [4.69, 9.17) is 5.11 Å². The molecular formula is C23H33N5O9. The molecule has 0 aromatic rings. The van der Waals surface area contributed by atoms with E-state index >= 15 is 0 Å². The predicted octanol–water partition coefficient (Wildman–Crippen LogP) is 0.530. The zero-order chi connectivity index (χ0) is 27.9. The van der Waals surface area contributed by atoms with Crippen LogP contribution in [-0.4, -0.2) is 91.5 Å². The van der Waals surface area contributed by atoms with E-state index < -0.39 is 59.9 Å². The molecule has 0 spiro atoms. The summed E-state index contributed by atoms with van der Waals surface area (Å²) in [5.41, 5.74) is 2.52. The monoisotopic (exact) mass is 523 g/mol. The van der Waals surface area contributed by atoms with Crippen LogP contribution < -0.4 is 10.7 Å². The van der Waals surface area contributed by atoms with Gasteiger partial charge in [-0.1, -0.05) is 20.8 Å². The Morgan fingerprint density at radius 2 is 1.86 bits per heavy atom. The van der Waals surface area contributed by atoms with Gasteiger partial charge in [-0.25, -0.2) is 19.8 Å². The fraction of sp³-hybridized carbons (Fsp3) is 0.565. The molecule has 0 aromatic heterocycles. The number of nitrogens with one attached hydrogen (secondary N) is 2. The average molecular weight is 524 g/mol. The Morgan fingerprint density at radius 3 is 2.49 bits per heavy atom. The first-order valence-electron chi connectivity index (χ1n) is 12.1. The number of hydrazine groups is 2. The number of amides is 5. The summed E-state index contributed by atoms with van der Waals surface area (Å²) in [4.78, 5) is 73.9. The number of carbonyl (C=O) groups is 6. The predicted molar refractivity (Wildman–Crippen MR) is 127 cm³/mol. The van der Waals surface area contributed by atoms with Crippen LogP contribution in [-0.2, 0) is 24.0 Å². The van der Waals surface area contributed by atoms with Crippen molar-refractivity contribution in [1.29, 1.82) is 0 Å². The van der Waals surface area contributed by atoms with Gasteiger partial charge in [-0.05, 0) is 24.8 Å². The second-order valence-corrected chi connectivity index (χ2v) is 8.53. The molecule has 5 amide bonds. The lowest BCUT2D eigenvalue weighted by Crippen LogP contribution is -2.64. The van der Waals surface area contributed by atoms with Crippen molar-refractivity contribution in [1.82, 2.24) is 25.8 Å². The molecule has 2 heterocycles. The molecule has 0 saturated carbocycles. The number of rotatable bonds is 7. The molecule has 14 nitrogen and oxygen atoms in total. The highest BCUT2D eigenvalue weighted by Crippen LogP contribution is 2.28. The van der Waals surface area contributed by atoms with Crippen LogP contribution in [0.15, 0.2) is 23.2 Å². The normalized spacial score (nSPS) is 22.6. The van der Waals surface area contributed by atoms with Gasteiger partial charge in [0, 0.05) is 25.0 Å². The van der Waals surface area contributed by atoms with Gasteiger partial charge < -0.3 is 25.4 Å². The summed E-state index contributed by atoms with van der Waals surface area (Å²) < 4.78 is 0. The highest BCUT2D eigenvalue weighted by Gasteiger charge is 2.44. The lowest BCUT2D eigenvalue weighted by molar-refractivity contribution is -0.155. The minimum atomic E-state index is -1.32. The molecule has 2 unspecified atom stereocenters. The number of nitrogens with zero attached hydrogens (tertiary/aromatic N) is 3. The number of hydrogen-bond acceptors (Lipinski definition) is 8. The third-order valence-electron chi connectivity index (χ3n) is 5.97. The highest BCUT2D eigenvalue weighted by atomic mass is 16.4. The first kappa shape index (κ1) is 29.1. The number of hydrogen-bond donors (Lipinski definition) is 5. The zero-order valence-corrected chi connectivity index (χ0v) is 21.0. The lowest BCUT2D eigenvalue weighted by Gasteiger charge is -2.43. The van der Waals surface area contributed by atoms with Gasteiger partial charge in [0.1, 0.15) is 18.1 Å². The summed E-state index contributed by atoms with van der Waals surface area (Å²) in [6.07, 6.45) is 1.12. The lowest BCUT2D eigenvalue weighted by atomic mass is 9.91. The van der Waals surface area contributed by atoms with Gasteiger partial charge >= 0.3 is 12.0 Å². The van der Waals surface area contributed by atoms with Gasteiger partial charge in [0.05, 0.1) is 19.0 Å². The Balaban J connectivity index is 0.00000235. The minimum absolute atomic E-state index is 0.0217. The van der Waals surface area contributed by atoms with E-state index in [2.05, 4.69) is 10.7 Å². The number of aliphatic hydroxyl groups excluding tert-OH is 2. The number of aliphatic hydroxyl groups is 2. The van der Waals surface area contributed by atoms with Crippen LogP contribution in [0.4, 0.5) is 4.79 Å². The van der Waals surface area contributed by atoms with Crippen LogP contribution in [0.25, 0.3) is 0 Å². The maximum Gasteiger partial charge on any atom is 0.358 e. The van der Waals surface area contributed by atoms with Gasteiger partial charge in [-0.3, -0.25) is 24.6 Å². The highest BCUT2D eigenvalue weighted by molar-refractivity contribution is 5.97. The summed E-state index contributed by atoms with van der Waals surface area (Å²) >= 11 is 0. The van der Waals surface area contributed by atoms with Crippen molar-refractivity contribution in [3.05, 3.63) is 23.2 Å². The first-order chi connectivity index (χ1) is 17.5. The van der Waals surface area contributed by atoms with Crippen LogP contribution >= 0.6 is 0 Å². The molecule has 14 heteroatoms. The summed E-state index contributed by atoms with van der Waals surface area (Å²) in [7, 11) is 0. The van der Waals surface area contributed by atoms with Gasteiger partial charge in [-0.15, -0.1) is 0 Å². The van der Waals surface area contributed by atoms with Crippen LogP contribution in [0.3, 0.4) is 0 Å². The smallest absolute Gasteiger partial charge is 0.358 e. The van der Waals surface area contributed by atoms with E-state index in [1.165, 1.54) is 0 Å². The molecule has 3 atom stereocenters. The number of carbonyl (C=O) groups excluding carboxylic acids is 5. The third kappa shape index (κ3) is 6.77. The second kappa shape index (κ2) is 12.7. The van der Waals surface area contributed by atoms with Gasteiger partial charge in [-0.2, -0.15) is 0 Å².